The number of hydrogen-bond donors (Lipinski definition) is 3. The zero-order valence-corrected chi connectivity index (χ0v) is 13.2. The highest BCUT2D eigenvalue weighted by atomic mass is 16.3. The average molecular weight is 345 g/mol. The van der Waals surface area contributed by atoms with E-state index in [0.717, 1.165) is 0 Å². The molecule has 0 atom stereocenters. The number of allylic oxidation sites excluding steroid dienone is 1. The van der Waals surface area contributed by atoms with Crippen LogP contribution in [0.15, 0.2) is 53.1 Å². The summed E-state index contributed by atoms with van der Waals surface area (Å²) in [6.07, 6.45) is 1.45. The minimum Gasteiger partial charge on any atom is -0.507 e. The lowest BCUT2D eigenvalue weighted by Crippen LogP contribution is -1.93. The van der Waals surface area contributed by atoms with Gasteiger partial charge >= 0.3 is 0 Å². The molecule has 0 aliphatic heterocycles. The number of rotatable bonds is 4. The summed E-state index contributed by atoms with van der Waals surface area (Å²) >= 11 is 0. The van der Waals surface area contributed by atoms with Gasteiger partial charge < -0.3 is 14.8 Å². The predicted octanol–water partition coefficient (Wildman–Crippen LogP) is 2.69. The molecule has 0 unspecified atom stereocenters. The van der Waals surface area contributed by atoms with Crippen molar-refractivity contribution in [2.75, 3.05) is 5.32 Å². The molecule has 0 bridgehead atoms. The number of benzene rings is 2. The number of aromatic hydroxyl groups is 1. The van der Waals surface area contributed by atoms with Crippen LogP contribution in [0, 0.1) is 11.3 Å². The molecule has 4 aromatic rings. The lowest BCUT2D eigenvalue weighted by molar-refractivity contribution is 0.474. The van der Waals surface area contributed by atoms with Gasteiger partial charge in [0, 0.05) is 11.9 Å². The van der Waals surface area contributed by atoms with Gasteiger partial charge in [-0.3, -0.25) is 0 Å². The summed E-state index contributed by atoms with van der Waals surface area (Å²) in [5.74, 6) is 0.512. The first-order valence-electron chi connectivity index (χ1n) is 7.54. The molecule has 0 spiro atoms. The molecule has 0 aliphatic rings. The van der Waals surface area contributed by atoms with E-state index in [1.54, 1.807) is 18.2 Å². The molecule has 3 N–H and O–H groups in total. The molecular weight excluding hydrogens is 334 g/mol. The van der Waals surface area contributed by atoms with Gasteiger partial charge in [-0.25, -0.2) is 4.98 Å². The van der Waals surface area contributed by atoms with Crippen LogP contribution in [0.5, 0.6) is 5.75 Å². The first-order chi connectivity index (χ1) is 12.7. The molecule has 0 fully saturated rings. The maximum absolute atomic E-state index is 10.2. The van der Waals surface area contributed by atoms with Crippen molar-refractivity contribution < 1.29 is 9.52 Å². The van der Waals surface area contributed by atoms with Crippen LogP contribution in [0.25, 0.3) is 28.1 Å². The number of phenols is 1. The number of nitriles is 1. The Morgan fingerprint density at radius 2 is 2.15 bits per heavy atom. The van der Waals surface area contributed by atoms with E-state index in [2.05, 4.69) is 30.9 Å². The van der Waals surface area contributed by atoms with Gasteiger partial charge in [-0.1, -0.05) is 12.1 Å². The topological polar surface area (TPSA) is 137 Å². The lowest BCUT2D eigenvalue weighted by atomic mass is 10.1. The van der Waals surface area contributed by atoms with Gasteiger partial charge in [0.2, 0.25) is 11.7 Å². The highest BCUT2D eigenvalue weighted by Gasteiger charge is 2.13. The quantitative estimate of drug-likeness (QED) is 0.379. The van der Waals surface area contributed by atoms with Gasteiger partial charge in [0.15, 0.2) is 5.58 Å². The molecule has 4 rings (SSSR count). The van der Waals surface area contributed by atoms with Gasteiger partial charge in [0.25, 0.3) is 0 Å². The molecule has 0 saturated heterocycles. The van der Waals surface area contributed by atoms with E-state index < -0.39 is 0 Å². The number of nitrogens with zero attached hydrogens (tertiary/aromatic N) is 5. The number of fused-ring (bicyclic) bond motifs is 1. The third-order valence-electron chi connectivity index (χ3n) is 3.61. The Hall–Kier alpha value is -4.19. The molecular formula is C17H11N7O2. The third-order valence-corrected chi connectivity index (χ3v) is 3.61. The number of phenolic OH excluding ortho intramolecular Hbond substituents is 1. The summed E-state index contributed by atoms with van der Waals surface area (Å²) in [4.78, 5) is 4.38. The summed E-state index contributed by atoms with van der Waals surface area (Å²) in [6.45, 7) is 0. The Bertz CT molecular complexity index is 1110. The monoisotopic (exact) mass is 345 g/mol. The number of H-pyrrole nitrogens is 1. The van der Waals surface area contributed by atoms with Crippen LogP contribution in [0.1, 0.15) is 5.82 Å². The third kappa shape index (κ3) is 2.83. The summed E-state index contributed by atoms with van der Waals surface area (Å²) < 4.78 is 5.70. The van der Waals surface area contributed by atoms with Crippen molar-refractivity contribution in [1.82, 2.24) is 25.6 Å². The predicted molar refractivity (Wildman–Crippen MR) is 92.5 cm³/mol. The van der Waals surface area contributed by atoms with E-state index in [4.69, 9.17) is 4.42 Å². The van der Waals surface area contributed by atoms with Crippen molar-refractivity contribution in [2.24, 2.45) is 0 Å². The van der Waals surface area contributed by atoms with Crippen LogP contribution in [0.4, 0.5) is 5.69 Å². The molecule has 0 radical (unpaired) electrons. The van der Waals surface area contributed by atoms with E-state index in [1.165, 1.54) is 12.3 Å². The first kappa shape index (κ1) is 15.3. The number of oxazole rings is 1. The molecule has 0 amide bonds. The fourth-order valence-electron chi connectivity index (χ4n) is 2.36. The summed E-state index contributed by atoms with van der Waals surface area (Å²) in [7, 11) is 0. The maximum atomic E-state index is 10.2. The van der Waals surface area contributed by atoms with E-state index in [1.807, 2.05) is 24.3 Å². The molecule has 9 nitrogen and oxygen atoms in total. The SMILES string of the molecule is N#CC(=CNc1ccc(O)c(-c2nc3ccccc3o2)c1)c1nn[nH]n1. The van der Waals surface area contributed by atoms with Gasteiger partial charge in [0.1, 0.15) is 22.9 Å². The molecule has 2 heterocycles. The van der Waals surface area contributed by atoms with E-state index >= 15 is 0 Å². The van der Waals surface area contributed by atoms with Crippen molar-refractivity contribution in [3.05, 3.63) is 54.5 Å². The molecule has 2 aromatic heterocycles. The van der Waals surface area contributed by atoms with Gasteiger partial charge in [-0.05, 0) is 35.5 Å². The Labute approximate surface area is 146 Å². The average Bonchev–Trinajstić information content (AvgIpc) is 3.33. The Morgan fingerprint density at radius 1 is 1.27 bits per heavy atom. The summed E-state index contributed by atoms with van der Waals surface area (Å²) in [5, 5.41) is 35.5. The fraction of sp³-hybridized carbons (Fsp3) is 0. The zero-order chi connectivity index (χ0) is 17.9. The second kappa shape index (κ2) is 6.37. The minimum atomic E-state index is 0.0322. The number of aromatic amines is 1. The number of para-hydroxylation sites is 2. The fourth-order valence-corrected chi connectivity index (χ4v) is 2.36. The second-order valence-corrected chi connectivity index (χ2v) is 5.27. The number of hydrogen-bond acceptors (Lipinski definition) is 8. The number of tetrazole rings is 1. The maximum Gasteiger partial charge on any atom is 0.231 e. The van der Waals surface area contributed by atoms with Crippen LogP contribution >= 0.6 is 0 Å². The molecule has 9 heteroatoms. The smallest absolute Gasteiger partial charge is 0.231 e. The van der Waals surface area contributed by atoms with Crippen molar-refractivity contribution in [3.8, 4) is 23.3 Å². The Balaban J connectivity index is 1.67. The number of nitrogens with one attached hydrogen (secondary N) is 2. The second-order valence-electron chi connectivity index (χ2n) is 5.27. The normalized spacial score (nSPS) is 11.4. The lowest BCUT2D eigenvalue weighted by Gasteiger charge is -2.05. The van der Waals surface area contributed by atoms with Crippen LogP contribution < -0.4 is 5.32 Å². The van der Waals surface area contributed by atoms with E-state index in [9.17, 15) is 10.4 Å². The number of aromatic nitrogens is 5. The highest BCUT2D eigenvalue weighted by Crippen LogP contribution is 2.33. The van der Waals surface area contributed by atoms with Crippen LogP contribution in [0.2, 0.25) is 0 Å². The zero-order valence-electron chi connectivity index (χ0n) is 13.2. The Kier molecular flexibility index (Phi) is 3.76. The van der Waals surface area contributed by atoms with Gasteiger partial charge in [-0.15, -0.1) is 10.2 Å². The molecule has 0 saturated carbocycles. The highest BCUT2D eigenvalue weighted by molar-refractivity contribution is 5.79. The van der Waals surface area contributed by atoms with Crippen LogP contribution in [-0.4, -0.2) is 30.7 Å². The standard InChI is InChI=1S/C17H11N7O2/c18-8-10(16-21-23-24-22-16)9-19-11-5-6-14(25)12(7-11)17-20-13-3-1-2-4-15(13)26-17/h1-7,9,19,25H,(H,21,22,23,24). The number of anilines is 1. The largest absolute Gasteiger partial charge is 0.507 e. The molecule has 26 heavy (non-hydrogen) atoms. The van der Waals surface area contributed by atoms with Crippen molar-refractivity contribution in [1.29, 1.82) is 5.26 Å². The van der Waals surface area contributed by atoms with Gasteiger partial charge in [0.05, 0.1) is 5.56 Å². The van der Waals surface area contributed by atoms with Gasteiger partial charge in [-0.2, -0.15) is 10.5 Å². The van der Waals surface area contributed by atoms with Crippen molar-refractivity contribution in [3.63, 3.8) is 0 Å². The molecule has 0 aliphatic carbocycles. The molecule has 2 aromatic carbocycles. The summed E-state index contributed by atoms with van der Waals surface area (Å²) in [6, 6.07) is 14.2. The van der Waals surface area contributed by atoms with Crippen LogP contribution in [-0.2, 0) is 0 Å². The Morgan fingerprint density at radius 3 is 2.92 bits per heavy atom. The summed E-state index contributed by atoms with van der Waals surface area (Å²) in [5.41, 5.74) is 2.58. The first-order valence-corrected chi connectivity index (χ1v) is 7.54. The van der Waals surface area contributed by atoms with E-state index in [0.29, 0.717) is 28.2 Å². The van der Waals surface area contributed by atoms with Crippen LogP contribution in [0.3, 0.4) is 0 Å². The van der Waals surface area contributed by atoms with Crippen molar-refractivity contribution in [2.45, 2.75) is 0 Å². The minimum absolute atomic E-state index is 0.0322. The van der Waals surface area contributed by atoms with E-state index in [-0.39, 0.29) is 17.1 Å². The van der Waals surface area contributed by atoms with Crippen molar-refractivity contribution >= 4 is 22.4 Å². The molecule has 126 valence electrons.